The summed E-state index contributed by atoms with van der Waals surface area (Å²) in [6.45, 7) is 1.56. The van der Waals surface area contributed by atoms with Crippen molar-refractivity contribution >= 4 is 11.9 Å². The van der Waals surface area contributed by atoms with Crippen LogP contribution >= 0.6 is 0 Å². The third-order valence-electron chi connectivity index (χ3n) is 4.05. The zero-order chi connectivity index (χ0) is 22.5. The molecule has 31 heavy (non-hydrogen) atoms. The van der Waals surface area contributed by atoms with Crippen LogP contribution in [0.25, 0.3) is 0 Å². The maximum atomic E-state index is 12.0. The number of halogens is 3. The summed E-state index contributed by atoms with van der Waals surface area (Å²) in [5.74, 6) is -2.17. The Morgan fingerprint density at radius 3 is 2.06 bits per heavy atom. The van der Waals surface area contributed by atoms with Crippen LogP contribution in [-0.4, -0.2) is 44.4 Å². The monoisotopic (exact) mass is 439 g/mol. The van der Waals surface area contributed by atoms with Gasteiger partial charge in [0.1, 0.15) is 24.7 Å². The highest BCUT2D eigenvalue weighted by molar-refractivity contribution is 5.88. The van der Waals surface area contributed by atoms with Crippen LogP contribution in [0.5, 0.6) is 11.5 Å². The van der Waals surface area contributed by atoms with Crippen LogP contribution in [0.15, 0.2) is 54.6 Å². The first-order valence-electron chi connectivity index (χ1n) is 9.77. The number of rotatable bonds is 12. The van der Waals surface area contributed by atoms with Gasteiger partial charge in [-0.15, -0.1) is 0 Å². The summed E-state index contributed by atoms with van der Waals surface area (Å²) in [7, 11) is 0. The molecule has 0 saturated carbocycles. The summed E-state index contributed by atoms with van der Waals surface area (Å²) >= 11 is 0. The largest absolute Gasteiger partial charge is 0.491 e. The third-order valence-corrected chi connectivity index (χ3v) is 4.05. The fraction of sp³-hybridized carbons (Fsp3) is 0.364. The summed E-state index contributed by atoms with van der Waals surface area (Å²) in [6, 6.07) is 17.1. The fourth-order valence-electron chi connectivity index (χ4n) is 2.53. The first-order chi connectivity index (χ1) is 14.8. The molecule has 2 aromatic rings. The van der Waals surface area contributed by atoms with Crippen molar-refractivity contribution < 1.29 is 37.0 Å². The van der Waals surface area contributed by atoms with Gasteiger partial charge in [-0.2, -0.15) is 13.2 Å². The van der Waals surface area contributed by atoms with E-state index in [9.17, 15) is 22.8 Å². The van der Waals surface area contributed by atoms with Crippen molar-refractivity contribution in [3.63, 3.8) is 0 Å². The summed E-state index contributed by atoms with van der Waals surface area (Å²) < 4.78 is 50.8. The minimum atomic E-state index is -5.17. The number of carbonyl (C=O) groups is 2. The molecule has 0 saturated heterocycles. The van der Waals surface area contributed by atoms with Crippen molar-refractivity contribution in [1.82, 2.24) is 5.32 Å². The second-order valence-electron chi connectivity index (χ2n) is 6.52. The Morgan fingerprint density at radius 2 is 1.45 bits per heavy atom. The average molecular weight is 439 g/mol. The normalized spacial score (nSPS) is 11.1. The number of carbonyl (C=O) groups excluding carboxylic acids is 2. The van der Waals surface area contributed by atoms with Gasteiger partial charge in [0.15, 0.2) is 0 Å². The highest BCUT2D eigenvalue weighted by atomic mass is 19.4. The molecule has 0 radical (unpaired) electrons. The molecule has 0 atom stereocenters. The quantitative estimate of drug-likeness (QED) is 0.309. The molecule has 0 aliphatic carbocycles. The molecule has 2 rings (SSSR count). The summed E-state index contributed by atoms with van der Waals surface area (Å²) in [5.41, 5.74) is 1.10. The van der Waals surface area contributed by atoms with Gasteiger partial charge in [0.2, 0.25) is 0 Å². The SMILES string of the molecule is O=C(CCNCCCc1ccc(OCCOc2ccccc2)cc1)OC(=O)C(F)(F)F. The van der Waals surface area contributed by atoms with Crippen LogP contribution in [-0.2, 0) is 20.7 Å². The lowest BCUT2D eigenvalue weighted by molar-refractivity contribution is -0.201. The Hall–Kier alpha value is -3.07. The smallest absolute Gasteiger partial charge is 0.490 e. The zero-order valence-corrected chi connectivity index (χ0v) is 16.8. The van der Waals surface area contributed by atoms with Gasteiger partial charge < -0.3 is 19.5 Å². The Bertz CT molecular complexity index is 810. The van der Waals surface area contributed by atoms with Gasteiger partial charge in [-0.25, -0.2) is 4.79 Å². The first-order valence-corrected chi connectivity index (χ1v) is 9.77. The molecule has 0 spiro atoms. The Morgan fingerprint density at radius 1 is 0.839 bits per heavy atom. The number of alkyl halides is 3. The molecule has 0 unspecified atom stereocenters. The molecular formula is C22H24F3NO5. The summed E-state index contributed by atoms with van der Waals surface area (Å²) in [6.07, 6.45) is -3.94. The molecule has 9 heteroatoms. The van der Waals surface area contributed by atoms with Gasteiger partial charge in [0, 0.05) is 6.54 Å². The maximum absolute atomic E-state index is 12.0. The van der Waals surface area contributed by atoms with Crippen molar-refractivity contribution in [3.8, 4) is 11.5 Å². The van der Waals surface area contributed by atoms with Crippen molar-refractivity contribution in [2.75, 3.05) is 26.3 Å². The maximum Gasteiger partial charge on any atom is 0.491 e. The number of para-hydroxylation sites is 1. The number of benzene rings is 2. The minimum absolute atomic E-state index is 0.127. The number of aryl methyl sites for hydroxylation is 1. The molecule has 0 bridgehead atoms. The zero-order valence-electron chi connectivity index (χ0n) is 16.8. The average Bonchev–Trinajstić information content (AvgIpc) is 2.74. The molecule has 0 aliphatic rings. The van der Waals surface area contributed by atoms with Crippen molar-refractivity contribution in [1.29, 1.82) is 0 Å². The lowest BCUT2D eigenvalue weighted by Crippen LogP contribution is -2.29. The topological polar surface area (TPSA) is 73.9 Å². The standard InChI is InChI=1S/C22H24F3NO5/c23-22(24,25)21(28)31-20(27)12-14-26-13-4-5-17-8-10-19(11-9-17)30-16-15-29-18-6-2-1-3-7-18/h1-3,6-11,26H,4-5,12-16H2. The molecule has 0 amide bonds. The number of hydrogen-bond acceptors (Lipinski definition) is 6. The van der Waals surface area contributed by atoms with E-state index in [-0.39, 0.29) is 13.0 Å². The second kappa shape index (κ2) is 12.6. The Labute approximate surface area is 178 Å². The van der Waals surface area contributed by atoms with Crippen molar-refractivity contribution in [3.05, 3.63) is 60.2 Å². The van der Waals surface area contributed by atoms with E-state index in [1.807, 2.05) is 54.6 Å². The molecule has 168 valence electrons. The van der Waals surface area contributed by atoms with Crippen LogP contribution in [0.4, 0.5) is 13.2 Å². The van der Waals surface area contributed by atoms with Crippen LogP contribution in [0, 0.1) is 0 Å². The highest BCUT2D eigenvalue weighted by Gasteiger charge is 2.42. The lowest BCUT2D eigenvalue weighted by atomic mass is 10.1. The van der Waals surface area contributed by atoms with Crippen LogP contribution in [0.1, 0.15) is 18.4 Å². The molecule has 2 aromatic carbocycles. The number of ether oxygens (including phenoxy) is 3. The van der Waals surface area contributed by atoms with Gasteiger partial charge >= 0.3 is 18.1 Å². The second-order valence-corrected chi connectivity index (χ2v) is 6.52. The molecule has 6 nitrogen and oxygen atoms in total. The van der Waals surface area contributed by atoms with E-state index in [1.54, 1.807) is 0 Å². The van der Waals surface area contributed by atoms with E-state index < -0.39 is 18.1 Å². The van der Waals surface area contributed by atoms with Crippen LogP contribution in [0.3, 0.4) is 0 Å². The molecule has 0 heterocycles. The third kappa shape index (κ3) is 9.99. The summed E-state index contributed by atoms with van der Waals surface area (Å²) in [4.78, 5) is 21.7. The van der Waals surface area contributed by atoms with Gasteiger partial charge in [-0.1, -0.05) is 30.3 Å². The number of esters is 2. The van der Waals surface area contributed by atoms with Crippen LogP contribution in [0.2, 0.25) is 0 Å². The van der Waals surface area contributed by atoms with E-state index in [4.69, 9.17) is 9.47 Å². The predicted molar refractivity (Wildman–Crippen MR) is 107 cm³/mol. The van der Waals surface area contributed by atoms with Crippen LogP contribution < -0.4 is 14.8 Å². The molecule has 0 aliphatic heterocycles. The van der Waals surface area contributed by atoms with E-state index in [2.05, 4.69) is 10.1 Å². The number of hydrogen-bond donors (Lipinski definition) is 1. The van der Waals surface area contributed by atoms with Crippen molar-refractivity contribution in [2.24, 2.45) is 0 Å². The summed E-state index contributed by atoms with van der Waals surface area (Å²) in [5, 5.41) is 2.93. The minimum Gasteiger partial charge on any atom is -0.490 e. The molecule has 1 N–H and O–H groups in total. The predicted octanol–water partition coefficient (Wildman–Crippen LogP) is 3.69. The van der Waals surface area contributed by atoms with Gasteiger partial charge in [-0.3, -0.25) is 4.79 Å². The Balaban J connectivity index is 1.53. The first kappa shape index (κ1) is 24.2. The Kier molecular flexibility index (Phi) is 9.83. The highest BCUT2D eigenvalue weighted by Crippen LogP contribution is 2.17. The van der Waals surface area contributed by atoms with Gasteiger partial charge in [0.05, 0.1) is 6.42 Å². The van der Waals surface area contributed by atoms with E-state index in [1.165, 1.54) is 0 Å². The van der Waals surface area contributed by atoms with Gasteiger partial charge in [0.25, 0.3) is 0 Å². The molecule has 0 fully saturated rings. The van der Waals surface area contributed by atoms with Gasteiger partial charge in [-0.05, 0) is 49.2 Å². The van der Waals surface area contributed by atoms with E-state index >= 15 is 0 Å². The number of nitrogens with one attached hydrogen (secondary N) is 1. The van der Waals surface area contributed by atoms with E-state index in [0.717, 1.165) is 29.9 Å². The van der Waals surface area contributed by atoms with E-state index in [0.29, 0.717) is 19.8 Å². The molecular weight excluding hydrogens is 415 g/mol. The molecule has 0 aromatic heterocycles. The lowest BCUT2D eigenvalue weighted by Gasteiger charge is -2.09. The fourth-order valence-corrected chi connectivity index (χ4v) is 2.53. The van der Waals surface area contributed by atoms with Crippen molar-refractivity contribution in [2.45, 2.75) is 25.4 Å².